The fourth-order valence-corrected chi connectivity index (χ4v) is 3.71. The number of halogens is 1. The summed E-state index contributed by atoms with van der Waals surface area (Å²) in [6.45, 7) is 3.63. The van der Waals surface area contributed by atoms with Crippen LogP contribution in [0.15, 0.2) is 53.4 Å². The molecule has 0 amide bonds. The highest BCUT2D eigenvalue weighted by Crippen LogP contribution is 2.52. The van der Waals surface area contributed by atoms with Gasteiger partial charge < -0.3 is 0 Å². The minimum atomic E-state index is -3.28. The van der Waals surface area contributed by atoms with Crippen molar-refractivity contribution in [2.45, 2.75) is 18.7 Å². The van der Waals surface area contributed by atoms with Gasteiger partial charge >= 0.3 is 0 Å². The molecule has 0 fully saturated rings. The number of ketones is 1. The van der Waals surface area contributed by atoms with Crippen molar-refractivity contribution >= 4 is 26.8 Å². The number of hydrogen-bond donors (Lipinski definition) is 0. The minimum Gasteiger partial charge on any atom is -0.293 e. The van der Waals surface area contributed by atoms with Gasteiger partial charge in [0.15, 0.2) is 15.6 Å². The van der Waals surface area contributed by atoms with Crippen LogP contribution in [0.4, 0.5) is 4.39 Å². The molecule has 3 nitrogen and oxygen atoms in total. The van der Waals surface area contributed by atoms with Gasteiger partial charge in [0, 0.05) is 11.8 Å². The molecule has 0 aromatic heterocycles. The highest BCUT2D eigenvalue weighted by molar-refractivity contribution is 7.90. The Morgan fingerprint density at radius 1 is 0.958 bits per heavy atom. The largest absolute Gasteiger partial charge is 0.293 e. The van der Waals surface area contributed by atoms with Gasteiger partial charge in [-0.15, -0.1) is 0 Å². The summed E-state index contributed by atoms with van der Waals surface area (Å²) in [5, 5.41) is 0. The van der Waals surface area contributed by atoms with Gasteiger partial charge in [-0.05, 0) is 54.8 Å². The molecule has 0 saturated carbocycles. The normalized spacial score (nSPS) is 16.9. The summed E-state index contributed by atoms with van der Waals surface area (Å²) in [5.74, 6) is -0.445. The van der Waals surface area contributed by atoms with E-state index in [0.29, 0.717) is 11.1 Å². The number of hydrogen-bond acceptors (Lipinski definition) is 3. The zero-order valence-electron chi connectivity index (χ0n) is 13.6. The highest BCUT2D eigenvalue weighted by atomic mass is 32.2. The lowest BCUT2D eigenvalue weighted by Gasteiger charge is -2.39. The highest BCUT2D eigenvalue weighted by Gasteiger charge is 2.47. The fraction of sp³-hybridized carbons (Fsp3) is 0.211. The van der Waals surface area contributed by atoms with Crippen LogP contribution < -0.4 is 0 Å². The molecule has 124 valence electrons. The van der Waals surface area contributed by atoms with Crippen LogP contribution >= 0.6 is 0 Å². The molecular weight excluding hydrogens is 327 g/mol. The second kappa shape index (κ2) is 5.38. The monoisotopic (exact) mass is 344 g/mol. The molecule has 0 atom stereocenters. The second-order valence-electron chi connectivity index (χ2n) is 6.51. The molecule has 0 aliphatic heterocycles. The van der Waals surface area contributed by atoms with Crippen LogP contribution in [-0.2, 0) is 14.6 Å². The number of carbonyl (C=O) groups excluding carboxylic acids is 1. The molecule has 0 bridgehead atoms. The summed E-state index contributed by atoms with van der Waals surface area (Å²) >= 11 is 0. The van der Waals surface area contributed by atoms with Gasteiger partial charge in [-0.3, -0.25) is 4.79 Å². The summed E-state index contributed by atoms with van der Waals surface area (Å²) in [6, 6.07) is 12.4. The van der Waals surface area contributed by atoms with Crippen LogP contribution in [0.25, 0.3) is 11.1 Å². The standard InChI is InChI=1S/C19H17FO3S/c1-19(2)17(12-7-9-15(10-8-12)24(3,22)23)16(18(19)21)13-5-4-6-14(20)11-13/h4-11H,1-3H3. The van der Waals surface area contributed by atoms with E-state index in [1.165, 1.54) is 24.3 Å². The number of allylic oxidation sites excluding steroid dienone is 2. The van der Waals surface area contributed by atoms with Crippen LogP contribution in [0, 0.1) is 11.2 Å². The molecule has 0 saturated heterocycles. The molecule has 5 heteroatoms. The quantitative estimate of drug-likeness (QED) is 0.852. The lowest BCUT2D eigenvalue weighted by atomic mass is 9.61. The van der Waals surface area contributed by atoms with E-state index in [-0.39, 0.29) is 10.7 Å². The van der Waals surface area contributed by atoms with Gasteiger partial charge in [-0.25, -0.2) is 12.8 Å². The van der Waals surface area contributed by atoms with E-state index in [1.807, 2.05) is 13.8 Å². The number of sulfone groups is 1. The first-order chi connectivity index (χ1) is 11.1. The third-order valence-corrected chi connectivity index (χ3v) is 5.48. The summed E-state index contributed by atoms with van der Waals surface area (Å²) in [6.07, 6.45) is 1.15. The predicted molar refractivity (Wildman–Crippen MR) is 91.6 cm³/mol. The molecule has 1 aliphatic rings. The van der Waals surface area contributed by atoms with Crippen molar-refractivity contribution in [3.63, 3.8) is 0 Å². The Morgan fingerprint density at radius 3 is 2.12 bits per heavy atom. The van der Waals surface area contributed by atoms with Crippen molar-refractivity contribution in [3.05, 3.63) is 65.5 Å². The Hall–Kier alpha value is -2.27. The number of carbonyl (C=O) groups is 1. The van der Waals surface area contributed by atoms with E-state index in [2.05, 4.69) is 0 Å². The smallest absolute Gasteiger partial charge is 0.175 e. The lowest BCUT2D eigenvalue weighted by Crippen LogP contribution is -2.37. The van der Waals surface area contributed by atoms with Crippen LogP contribution in [0.3, 0.4) is 0 Å². The zero-order chi connectivity index (χ0) is 17.7. The summed E-state index contributed by atoms with van der Waals surface area (Å²) in [5.41, 5.74) is 1.92. The van der Waals surface area contributed by atoms with Gasteiger partial charge in [0.05, 0.1) is 10.3 Å². The molecule has 3 rings (SSSR count). The van der Waals surface area contributed by atoms with Crippen molar-refractivity contribution in [1.29, 1.82) is 0 Å². The molecule has 0 radical (unpaired) electrons. The topological polar surface area (TPSA) is 51.2 Å². The van der Waals surface area contributed by atoms with Crippen LogP contribution in [0.1, 0.15) is 25.0 Å². The maximum atomic E-state index is 13.5. The summed E-state index contributed by atoms with van der Waals surface area (Å²) in [4.78, 5) is 12.8. The van der Waals surface area contributed by atoms with E-state index < -0.39 is 21.1 Å². The average molecular weight is 344 g/mol. The molecule has 1 aliphatic carbocycles. The fourth-order valence-electron chi connectivity index (χ4n) is 3.08. The van der Waals surface area contributed by atoms with Crippen LogP contribution in [0.5, 0.6) is 0 Å². The third-order valence-electron chi connectivity index (χ3n) is 4.35. The summed E-state index contributed by atoms with van der Waals surface area (Å²) in [7, 11) is -3.28. The molecule has 24 heavy (non-hydrogen) atoms. The van der Waals surface area contributed by atoms with Crippen molar-refractivity contribution < 1.29 is 17.6 Å². The first-order valence-electron chi connectivity index (χ1n) is 7.48. The van der Waals surface area contributed by atoms with E-state index in [4.69, 9.17) is 0 Å². The van der Waals surface area contributed by atoms with Gasteiger partial charge in [0.1, 0.15) is 5.82 Å². The van der Waals surface area contributed by atoms with Gasteiger partial charge in [-0.2, -0.15) is 0 Å². The molecular formula is C19H17FO3S. The first-order valence-corrected chi connectivity index (χ1v) is 9.37. The number of rotatable bonds is 3. The Labute approximate surface area is 140 Å². The molecule has 0 heterocycles. The third kappa shape index (κ3) is 2.59. The molecule has 0 unspecified atom stereocenters. The maximum absolute atomic E-state index is 13.5. The first kappa shape index (κ1) is 16.6. The molecule has 2 aromatic carbocycles. The Kier molecular flexibility index (Phi) is 3.72. The molecule has 0 N–H and O–H groups in total. The van der Waals surface area contributed by atoms with Crippen molar-refractivity contribution in [1.82, 2.24) is 0 Å². The van der Waals surface area contributed by atoms with E-state index in [0.717, 1.165) is 17.4 Å². The average Bonchev–Trinajstić information content (AvgIpc) is 2.51. The van der Waals surface area contributed by atoms with Crippen LogP contribution in [-0.4, -0.2) is 20.5 Å². The number of benzene rings is 2. The Morgan fingerprint density at radius 2 is 1.58 bits per heavy atom. The minimum absolute atomic E-state index is 0.0460. The molecule has 2 aromatic rings. The zero-order valence-corrected chi connectivity index (χ0v) is 14.4. The second-order valence-corrected chi connectivity index (χ2v) is 8.53. The molecule has 0 spiro atoms. The van der Waals surface area contributed by atoms with E-state index >= 15 is 0 Å². The van der Waals surface area contributed by atoms with Crippen LogP contribution in [0.2, 0.25) is 0 Å². The van der Waals surface area contributed by atoms with Gasteiger partial charge in [0.25, 0.3) is 0 Å². The Bertz CT molecular complexity index is 968. The van der Waals surface area contributed by atoms with Crippen molar-refractivity contribution in [2.24, 2.45) is 5.41 Å². The van der Waals surface area contributed by atoms with Crippen molar-refractivity contribution in [3.8, 4) is 0 Å². The van der Waals surface area contributed by atoms with E-state index in [1.54, 1.807) is 24.3 Å². The van der Waals surface area contributed by atoms with Gasteiger partial charge in [-0.1, -0.05) is 24.3 Å². The van der Waals surface area contributed by atoms with E-state index in [9.17, 15) is 17.6 Å². The number of Topliss-reactive ketones (excluding diaryl/α,β-unsaturated/α-hetero) is 1. The maximum Gasteiger partial charge on any atom is 0.175 e. The summed E-state index contributed by atoms with van der Waals surface area (Å²) < 4.78 is 36.7. The van der Waals surface area contributed by atoms with Gasteiger partial charge in [0.2, 0.25) is 0 Å². The SMILES string of the molecule is CC1(C)C(=O)C(c2cccc(F)c2)=C1c1ccc(S(C)(=O)=O)cc1. The Balaban J connectivity index is 2.17. The van der Waals surface area contributed by atoms with Crippen molar-refractivity contribution in [2.75, 3.05) is 6.26 Å². The predicted octanol–water partition coefficient (Wildman–Crippen LogP) is 3.75. The lowest BCUT2D eigenvalue weighted by molar-refractivity contribution is -0.120.